The van der Waals surface area contributed by atoms with Crippen LogP contribution >= 0.6 is 15.9 Å². The van der Waals surface area contributed by atoms with Gasteiger partial charge in [-0.3, -0.25) is 4.31 Å². The van der Waals surface area contributed by atoms with Gasteiger partial charge in [0.1, 0.15) is 0 Å². The predicted octanol–water partition coefficient (Wildman–Crippen LogP) is 4.86. The summed E-state index contributed by atoms with van der Waals surface area (Å²) < 4.78 is 39.6. The number of hydrogen-bond acceptors (Lipinski definition) is 4. The summed E-state index contributed by atoms with van der Waals surface area (Å²) in [6.45, 7) is 0.152. The molecule has 0 N–H and O–H groups in total. The van der Waals surface area contributed by atoms with E-state index in [0.717, 1.165) is 10.0 Å². The molecule has 0 spiro atoms. The molecule has 7 heteroatoms. The van der Waals surface area contributed by atoms with Gasteiger partial charge in [-0.05, 0) is 54.1 Å². The standard InChI is InChI=1S/C21H20BrNO4S/c1-26-20-13-8-16(14-21(20)27-2)15-23(18-11-9-17(22)10-12-18)28(24,25)19-6-4-3-5-7-19/h3-14H,15H2,1-2H3. The van der Waals surface area contributed by atoms with Gasteiger partial charge in [-0.15, -0.1) is 0 Å². The van der Waals surface area contributed by atoms with E-state index in [1.807, 2.05) is 18.2 Å². The largest absolute Gasteiger partial charge is 0.493 e. The minimum atomic E-state index is -3.75. The zero-order valence-electron chi connectivity index (χ0n) is 15.5. The third kappa shape index (κ3) is 4.31. The molecule has 0 aliphatic heterocycles. The lowest BCUT2D eigenvalue weighted by atomic mass is 10.2. The van der Waals surface area contributed by atoms with Crippen molar-refractivity contribution in [2.45, 2.75) is 11.4 Å². The SMILES string of the molecule is COc1ccc(CN(c2ccc(Br)cc2)S(=O)(=O)c2ccccc2)cc1OC. The van der Waals surface area contributed by atoms with E-state index < -0.39 is 10.0 Å². The summed E-state index contributed by atoms with van der Waals surface area (Å²) in [4.78, 5) is 0.235. The highest BCUT2D eigenvalue weighted by molar-refractivity contribution is 9.10. The molecule has 0 atom stereocenters. The van der Waals surface area contributed by atoms with Crippen molar-refractivity contribution in [3.63, 3.8) is 0 Å². The first-order valence-electron chi connectivity index (χ1n) is 8.50. The molecule has 28 heavy (non-hydrogen) atoms. The summed E-state index contributed by atoms with van der Waals surface area (Å²) >= 11 is 3.39. The molecule has 0 amide bonds. The number of halogens is 1. The fourth-order valence-electron chi connectivity index (χ4n) is 2.79. The van der Waals surface area contributed by atoms with Gasteiger partial charge in [0.2, 0.25) is 0 Å². The summed E-state index contributed by atoms with van der Waals surface area (Å²) in [5, 5.41) is 0. The van der Waals surface area contributed by atoms with Crippen LogP contribution in [0, 0.1) is 0 Å². The number of sulfonamides is 1. The molecule has 0 saturated carbocycles. The molecule has 0 bridgehead atoms. The van der Waals surface area contributed by atoms with Crippen LogP contribution in [0.25, 0.3) is 0 Å². The van der Waals surface area contributed by atoms with Crippen molar-refractivity contribution in [2.24, 2.45) is 0 Å². The van der Waals surface area contributed by atoms with Gasteiger partial charge in [0.05, 0.1) is 31.3 Å². The Morgan fingerprint density at radius 3 is 2.11 bits per heavy atom. The number of hydrogen-bond donors (Lipinski definition) is 0. The van der Waals surface area contributed by atoms with E-state index in [1.54, 1.807) is 68.8 Å². The van der Waals surface area contributed by atoms with Crippen LogP contribution in [0.1, 0.15) is 5.56 Å². The molecule has 0 unspecified atom stereocenters. The summed E-state index contributed by atoms with van der Waals surface area (Å²) in [7, 11) is -0.643. The number of nitrogens with zero attached hydrogens (tertiary/aromatic N) is 1. The maximum atomic E-state index is 13.4. The van der Waals surface area contributed by atoms with Crippen LogP contribution in [0.2, 0.25) is 0 Å². The molecule has 0 heterocycles. The normalized spacial score (nSPS) is 11.1. The van der Waals surface area contributed by atoms with Crippen LogP contribution in [0.4, 0.5) is 5.69 Å². The predicted molar refractivity (Wildman–Crippen MR) is 113 cm³/mol. The maximum absolute atomic E-state index is 13.4. The van der Waals surface area contributed by atoms with Crippen molar-refractivity contribution >= 4 is 31.6 Å². The Morgan fingerprint density at radius 1 is 0.857 bits per heavy atom. The maximum Gasteiger partial charge on any atom is 0.264 e. The zero-order valence-corrected chi connectivity index (χ0v) is 17.9. The molecule has 0 fully saturated rings. The summed E-state index contributed by atoms with van der Waals surface area (Å²) in [5.74, 6) is 1.14. The van der Waals surface area contributed by atoms with Gasteiger partial charge in [-0.2, -0.15) is 0 Å². The molecule has 5 nitrogen and oxygen atoms in total. The molecule has 0 aliphatic rings. The van der Waals surface area contributed by atoms with Crippen molar-refractivity contribution in [3.05, 3.63) is 82.8 Å². The number of methoxy groups -OCH3 is 2. The zero-order chi connectivity index (χ0) is 20.1. The fraction of sp³-hybridized carbons (Fsp3) is 0.143. The molecule has 3 rings (SSSR count). The van der Waals surface area contributed by atoms with E-state index in [0.29, 0.717) is 17.2 Å². The minimum Gasteiger partial charge on any atom is -0.493 e. The van der Waals surface area contributed by atoms with Gasteiger partial charge in [-0.1, -0.05) is 40.2 Å². The fourth-order valence-corrected chi connectivity index (χ4v) is 4.53. The first kappa shape index (κ1) is 20.2. The molecule has 3 aromatic rings. The second-order valence-corrected chi connectivity index (χ2v) is 8.77. The molecule has 3 aromatic carbocycles. The van der Waals surface area contributed by atoms with Crippen molar-refractivity contribution in [2.75, 3.05) is 18.5 Å². The summed E-state index contributed by atoms with van der Waals surface area (Å²) in [5.41, 5.74) is 1.35. The van der Waals surface area contributed by atoms with Gasteiger partial charge in [0.25, 0.3) is 10.0 Å². The topological polar surface area (TPSA) is 55.8 Å². The number of rotatable bonds is 7. The van der Waals surface area contributed by atoms with Crippen molar-refractivity contribution in [3.8, 4) is 11.5 Å². The Kier molecular flexibility index (Phi) is 6.26. The number of ether oxygens (including phenoxy) is 2. The van der Waals surface area contributed by atoms with E-state index in [9.17, 15) is 8.42 Å². The minimum absolute atomic E-state index is 0.152. The van der Waals surface area contributed by atoms with Gasteiger partial charge in [0, 0.05) is 4.47 Å². The van der Waals surface area contributed by atoms with Crippen LogP contribution in [0.5, 0.6) is 11.5 Å². The Bertz CT molecular complexity index is 1040. The lowest BCUT2D eigenvalue weighted by Crippen LogP contribution is -2.30. The van der Waals surface area contributed by atoms with Gasteiger partial charge < -0.3 is 9.47 Å². The van der Waals surface area contributed by atoms with Crippen LogP contribution in [-0.2, 0) is 16.6 Å². The highest BCUT2D eigenvalue weighted by atomic mass is 79.9. The van der Waals surface area contributed by atoms with Gasteiger partial charge in [-0.25, -0.2) is 8.42 Å². The summed E-state index contributed by atoms with van der Waals surface area (Å²) in [6.07, 6.45) is 0. The molecular formula is C21H20BrNO4S. The van der Waals surface area contributed by atoms with E-state index in [-0.39, 0.29) is 11.4 Å². The van der Waals surface area contributed by atoms with Crippen LogP contribution in [0.15, 0.2) is 82.2 Å². The van der Waals surface area contributed by atoms with E-state index in [2.05, 4.69) is 15.9 Å². The molecular weight excluding hydrogens is 442 g/mol. The lowest BCUT2D eigenvalue weighted by molar-refractivity contribution is 0.354. The van der Waals surface area contributed by atoms with Crippen LogP contribution in [-0.4, -0.2) is 22.6 Å². The molecule has 0 aliphatic carbocycles. The van der Waals surface area contributed by atoms with Crippen molar-refractivity contribution < 1.29 is 17.9 Å². The molecule has 0 saturated heterocycles. The Morgan fingerprint density at radius 2 is 1.50 bits per heavy atom. The molecule has 146 valence electrons. The molecule has 0 radical (unpaired) electrons. The van der Waals surface area contributed by atoms with Crippen LogP contribution < -0.4 is 13.8 Å². The van der Waals surface area contributed by atoms with Crippen LogP contribution in [0.3, 0.4) is 0 Å². The third-order valence-corrected chi connectivity index (χ3v) is 6.54. The highest BCUT2D eigenvalue weighted by Gasteiger charge is 2.25. The third-order valence-electron chi connectivity index (χ3n) is 4.22. The van der Waals surface area contributed by atoms with E-state index >= 15 is 0 Å². The average molecular weight is 462 g/mol. The second-order valence-electron chi connectivity index (χ2n) is 5.99. The van der Waals surface area contributed by atoms with Gasteiger partial charge >= 0.3 is 0 Å². The average Bonchev–Trinajstić information content (AvgIpc) is 2.73. The van der Waals surface area contributed by atoms with E-state index in [4.69, 9.17) is 9.47 Å². The van der Waals surface area contributed by atoms with Crippen molar-refractivity contribution in [1.29, 1.82) is 0 Å². The van der Waals surface area contributed by atoms with E-state index in [1.165, 1.54) is 4.31 Å². The quantitative estimate of drug-likeness (QED) is 0.503. The highest BCUT2D eigenvalue weighted by Crippen LogP contribution is 2.31. The second kappa shape index (κ2) is 8.67. The Balaban J connectivity index is 2.06. The smallest absolute Gasteiger partial charge is 0.264 e. The number of anilines is 1. The van der Waals surface area contributed by atoms with Crippen molar-refractivity contribution in [1.82, 2.24) is 0 Å². The Hall–Kier alpha value is -2.51. The number of benzene rings is 3. The molecule has 0 aromatic heterocycles. The van der Waals surface area contributed by atoms with Gasteiger partial charge in [0.15, 0.2) is 11.5 Å². The first-order chi connectivity index (χ1) is 13.5. The lowest BCUT2D eigenvalue weighted by Gasteiger charge is -2.25. The Labute approximate surface area is 173 Å². The monoisotopic (exact) mass is 461 g/mol. The summed E-state index contributed by atoms with van der Waals surface area (Å²) in [6, 6.07) is 20.9. The first-order valence-corrected chi connectivity index (χ1v) is 10.7.